The van der Waals surface area contributed by atoms with Crippen LogP contribution in [0.3, 0.4) is 0 Å². The van der Waals surface area contributed by atoms with Gasteiger partial charge in [0, 0.05) is 12.2 Å². The highest BCUT2D eigenvalue weighted by molar-refractivity contribution is 8.26. The van der Waals surface area contributed by atoms with Crippen LogP contribution in [0, 0.1) is 13.8 Å². The number of pyridine rings is 1. The SMILES string of the molecule is Cc1ccc(CN2C(=O)C(=Cc3c(NC4CCCC4)nc4ccc(C)cn4c3=O)SC2=S)cc1. The molecule has 1 aromatic carbocycles. The third kappa shape index (κ3) is 4.52. The van der Waals surface area contributed by atoms with Gasteiger partial charge in [-0.3, -0.25) is 18.9 Å². The molecular formula is C26H26N4O2S2. The van der Waals surface area contributed by atoms with Crippen molar-refractivity contribution in [2.24, 2.45) is 0 Å². The maximum atomic E-state index is 13.5. The van der Waals surface area contributed by atoms with Crippen molar-refractivity contribution in [2.75, 3.05) is 5.32 Å². The molecule has 1 saturated carbocycles. The number of aromatic nitrogens is 2. The predicted molar refractivity (Wildman–Crippen MR) is 142 cm³/mol. The summed E-state index contributed by atoms with van der Waals surface area (Å²) in [6.45, 7) is 4.37. The first-order valence-electron chi connectivity index (χ1n) is 11.5. The van der Waals surface area contributed by atoms with E-state index in [4.69, 9.17) is 17.2 Å². The van der Waals surface area contributed by atoms with E-state index in [1.54, 1.807) is 21.6 Å². The Bertz CT molecular complexity index is 1370. The summed E-state index contributed by atoms with van der Waals surface area (Å²) in [5, 5.41) is 3.48. The maximum absolute atomic E-state index is 13.5. The van der Waals surface area contributed by atoms with E-state index in [1.165, 1.54) is 11.8 Å². The number of anilines is 1. The average molecular weight is 491 g/mol. The largest absolute Gasteiger partial charge is 0.367 e. The van der Waals surface area contributed by atoms with Crippen LogP contribution < -0.4 is 10.9 Å². The van der Waals surface area contributed by atoms with Crippen LogP contribution in [0.4, 0.5) is 5.82 Å². The van der Waals surface area contributed by atoms with E-state index < -0.39 is 0 Å². The van der Waals surface area contributed by atoms with Gasteiger partial charge in [-0.05, 0) is 50.0 Å². The summed E-state index contributed by atoms with van der Waals surface area (Å²) in [5.74, 6) is 0.348. The van der Waals surface area contributed by atoms with Gasteiger partial charge >= 0.3 is 0 Å². The van der Waals surface area contributed by atoms with Crippen molar-refractivity contribution in [3.8, 4) is 0 Å². The molecule has 0 radical (unpaired) electrons. The average Bonchev–Trinajstić information content (AvgIpc) is 3.42. The quantitative estimate of drug-likeness (QED) is 0.398. The van der Waals surface area contributed by atoms with Gasteiger partial charge in [-0.25, -0.2) is 4.98 Å². The first-order chi connectivity index (χ1) is 16.4. The van der Waals surface area contributed by atoms with Crippen molar-refractivity contribution in [1.29, 1.82) is 0 Å². The zero-order valence-electron chi connectivity index (χ0n) is 19.2. The summed E-state index contributed by atoms with van der Waals surface area (Å²) in [6, 6.07) is 12.1. The Hall–Kier alpha value is -2.97. The predicted octanol–water partition coefficient (Wildman–Crippen LogP) is 5.07. The number of nitrogens with zero attached hydrogens (tertiary/aromatic N) is 3. The number of fused-ring (bicyclic) bond motifs is 1. The van der Waals surface area contributed by atoms with E-state index in [1.807, 2.05) is 50.2 Å². The number of benzene rings is 1. The molecule has 1 saturated heterocycles. The van der Waals surface area contributed by atoms with E-state index in [-0.39, 0.29) is 17.5 Å². The molecule has 2 aliphatic rings. The summed E-state index contributed by atoms with van der Waals surface area (Å²) in [7, 11) is 0. The Morgan fingerprint density at radius 1 is 1.09 bits per heavy atom. The first kappa shape index (κ1) is 22.8. The van der Waals surface area contributed by atoms with Crippen LogP contribution in [0.15, 0.2) is 52.3 Å². The minimum atomic E-state index is -0.196. The van der Waals surface area contributed by atoms with E-state index in [2.05, 4.69) is 5.32 Å². The molecule has 3 heterocycles. The van der Waals surface area contributed by atoms with Gasteiger partial charge in [-0.2, -0.15) is 0 Å². The Morgan fingerprint density at radius 3 is 2.53 bits per heavy atom. The third-order valence-corrected chi connectivity index (χ3v) is 7.69. The summed E-state index contributed by atoms with van der Waals surface area (Å²) in [4.78, 5) is 33.6. The zero-order chi connectivity index (χ0) is 23.8. The molecule has 34 heavy (non-hydrogen) atoms. The van der Waals surface area contributed by atoms with Crippen molar-refractivity contribution in [2.45, 2.75) is 52.1 Å². The van der Waals surface area contributed by atoms with Crippen LogP contribution >= 0.6 is 24.0 Å². The van der Waals surface area contributed by atoms with Gasteiger partial charge < -0.3 is 5.32 Å². The fraction of sp³-hybridized carbons (Fsp3) is 0.308. The number of hydrogen-bond acceptors (Lipinski definition) is 6. The number of amides is 1. The lowest BCUT2D eigenvalue weighted by atomic mass is 10.1. The molecule has 3 aromatic rings. The molecule has 5 rings (SSSR count). The maximum Gasteiger partial charge on any atom is 0.267 e. The van der Waals surface area contributed by atoms with Gasteiger partial charge in [0.2, 0.25) is 0 Å². The van der Waals surface area contributed by atoms with Crippen molar-refractivity contribution in [3.05, 3.63) is 80.1 Å². The van der Waals surface area contributed by atoms with Crippen molar-refractivity contribution in [1.82, 2.24) is 14.3 Å². The normalized spacial score (nSPS) is 17.9. The van der Waals surface area contributed by atoms with Crippen LogP contribution in [0.2, 0.25) is 0 Å². The van der Waals surface area contributed by atoms with Gasteiger partial charge in [0.05, 0.1) is 17.0 Å². The second-order valence-corrected chi connectivity index (χ2v) is 10.7. The fourth-order valence-corrected chi connectivity index (χ4v) is 5.64. The lowest BCUT2D eigenvalue weighted by Gasteiger charge is -2.16. The highest BCUT2D eigenvalue weighted by Gasteiger charge is 2.33. The number of carbonyl (C=O) groups excluding carboxylic acids is 1. The van der Waals surface area contributed by atoms with Crippen LogP contribution in [-0.4, -0.2) is 30.6 Å². The van der Waals surface area contributed by atoms with E-state index in [0.29, 0.717) is 32.8 Å². The van der Waals surface area contributed by atoms with Crippen LogP contribution in [-0.2, 0) is 11.3 Å². The number of carbonyl (C=O) groups is 1. The lowest BCUT2D eigenvalue weighted by molar-refractivity contribution is -0.122. The van der Waals surface area contributed by atoms with Crippen molar-refractivity contribution < 1.29 is 4.79 Å². The smallest absolute Gasteiger partial charge is 0.267 e. The zero-order valence-corrected chi connectivity index (χ0v) is 20.8. The van der Waals surface area contributed by atoms with Crippen LogP contribution in [0.5, 0.6) is 0 Å². The van der Waals surface area contributed by atoms with Crippen molar-refractivity contribution in [3.63, 3.8) is 0 Å². The molecule has 0 unspecified atom stereocenters. The summed E-state index contributed by atoms with van der Waals surface area (Å²) >= 11 is 6.76. The minimum Gasteiger partial charge on any atom is -0.367 e. The van der Waals surface area contributed by atoms with E-state index >= 15 is 0 Å². The Balaban J connectivity index is 1.53. The standard InChI is InChI=1S/C26H26N4O2S2/c1-16-7-10-18(11-8-16)15-30-25(32)21(34-26(30)33)13-20-23(27-19-5-3-4-6-19)28-22-12-9-17(2)14-29(22)24(20)31/h7-14,19,27H,3-6,15H2,1-2H3. The fourth-order valence-electron chi connectivity index (χ4n) is 4.41. The minimum absolute atomic E-state index is 0.184. The number of aryl methyl sites for hydroxylation is 2. The van der Waals surface area contributed by atoms with Gasteiger partial charge in [-0.15, -0.1) is 0 Å². The molecule has 1 amide bonds. The number of hydrogen-bond donors (Lipinski definition) is 1. The number of thiocarbonyl (C=S) groups is 1. The van der Waals surface area contributed by atoms with Crippen molar-refractivity contribution >= 4 is 51.7 Å². The molecule has 1 N–H and O–H groups in total. The lowest BCUT2D eigenvalue weighted by Crippen LogP contribution is -2.27. The van der Waals surface area contributed by atoms with Gasteiger partial charge in [0.15, 0.2) is 0 Å². The van der Waals surface area contributed by atoms with Gasteiger partial charge in [-0.1, -0.05) is 72.7 Å². The van der Waals surface area contributed by atoms with Crippen LogP contribution in [0.1, 0.15) is 47.9 Å². The second kappa shape index (κ2) is 9.35. The molecule has 6 nitrogen and oxygen atoms in total. The molecule has 174 valence electrons. The Kier molecular flexibility index (Phi) is 6.27. The highest BCUT2D eigenvalue weighted by Crippen LogP contribution is 2.34. The van der Waals surface area contributed by atoms with Crippen LogP contribution in [0.25, 0.3) is 11.7 Å². The molecule has 2 aromatic heterocycles. The molecule has 8 heteroatoms. The molecule has 1 aliphatic heterocycles. The van der Waals surface area contributed by atoms with Gasteiger partial charge in [0.1, 0.15) is 15.8 Å². The van der Waals surface area contributed by atoms with E-state index in [9.17, 15) is 9.59 Å². The topological polar surface area (TPSA) is 66.7 Å². The summed E-state index contributed by atoms with van der Waals surface area (Å²) in [6.07, 6.45) is 7.87. The molecule has 0 bridgehead atoms. The van der Waals surface area contributed by atoms with E-state index in [0.717, 1.165) is 42.4 Å². The highest BCUT2D eigenvalue weighted by atomic mass is 32.2. The Morgan fingerprint density at radius 2 is 1.79 bits per heavy atom. The molecule has 1 aliphatic carbocycles. The second-order valence-electron chi connectivity index (χ2n) is 8.99. The van der Waals surface area contributed by atoms with Gasteiger partial charge in [0.25, 0.3) is 11.5 Å². The number of thioether (sulfide) groups is 1. The first-order valence-corrected chi connectivity index (χ1v) is 12.7. The third-order valence-electron chi connectivity index (χ3n) is 6.31. The monoisotopic (exact) mass is 490 g/mol. The number of rotatable bonds is 5. The molecule has 0 spiro atoms. The summed E-state index contributed by atoms with van der Waals surface area (Å²) < 4.78 is 2.04. The molecular weight excluding hydrogens is 464 g/mol. The molecule has 2 fully saturated rings. The Labute approximate surface area is 208 Å². The molecule has 0 atom stereocenters. The summed E-state index contributed by atoms with van der Waals surface area (Å²) in [5.41, 5.74) is 3.91. The number of nitrogens with one attached hydrogen (secondary N) is 1.